The van der Waals surface area contributed by atoms with Crippen LogP contribution >= 0.6 is 0 Å². The minimum absolute atomic E-state index is 0.0269. The number of esters is 1. The number of fused-ring (bicyclic) bond motifs is 1. The summed E-state index contributed by atoms with van der Waals surface area (Å²) in [5.41, 5.74) is 13.6. The second-order valence-corrected chi connectivity index (χ2v) is 7.26. The van der Waals surface area contributed by atoms with Crippen molar-refractivity contribution in [1.82, 2.24) is 0 Å². The van der Waals surface area contributed by atoms with E-state index in [1.807, 2.05) is 60.7 Å². The number of benzene rings is 3. The summed E-state index contributed by atoms with van der Waals surface area (Å²) in [6.45, 7) is -0.0269. The Morgan fingerprint density at radius 1 is 1.00 bits per heavy atom. The van der Waals surface area contributed by atoms with Crippen LogP contribution in [-0.2, 0) is 20.9 Å². The Morgan fingerprint density at radius 2 is 1.65 bits per heavy atom. The number of likely N-dealkylation sites (N-methyl/N-ethyl adjacent to an activating group) is 1. The van der Waals surface area contributed by atoms with Crippen LogP contribution in [0.5, 0.6) is 0 Å². The Hall–Kier alpha value is -3.97. The molecule has 1 unspecified atom stereocenters. The molecule has 0 aliphatic carbocycles. The van der Waals surface area contributed by atoms with E-state index >= 15 is 0 Å². The van der Waals surface area contributed by atoms with E-state index < -0.39 is 17.5 Å². The summed E-state index contributed by atoms with van der Waals surface area (Å²) in [5.74, 6) is -1.64. The van der Waals surface area contributed by atoms with E-state index in [-0.39, 0.29) is 6.61 Å². The van der Waals surface area contributed by atoms with Crippen molar-refractivity contribution < 1.29 is 14.3 Å². The molecule has 1 aliphatic heterocycles. The van der Waals surface area contributed by atoms with Crippen LogP contribution in [-0.4, -0.2) is 30.3 Å². The lowest BCUT2D eigenvalue weighted by molar-refractivity contribution is -0.154. The number of hydrogen-bond donors (Lipinski definition) is 2. The van der Waals surface area contributed by atoms with Gasteiger partial charge in [0.2, 0.25) is 0 Å². The van der Waals surface area contributed by atoms with Crippen LogP contribution < -0.4 is 16.4 Å². The molecule has 1 heterocycles. The van der Waals surface area contributed by atoms with Crippen molar-refractivity contribution in [3.8, 4) is 0 Å². The Labute approximate surface area is 180 Å². The van der Waals surface area contributed by atoms with Crippen LogP contribution in [0.4, 0.5) is 11.4 Å². The van der Waals surface area contributed by atoms with Gasteiger partial charge in [0, 0.05) is 23.9 Å². The molecule has 3 aromatic carbocycles. The molecule has 156 valence electrons. The molecule has 4 rings (SSSR count). The van der Waals surface area contributed by atoms with Gasteiger partial charge in [-0.25, -0.2) is 9.79 Å². The molecule has 0 saturated carbocycles. The van der Waals surface area contributed by atoms with Gasteiger partial charge in [0.05, 0.1) is 11.4 Å². The summed E-state index contributed by atoms with van der Waals surface area (Å²) in [4.78, 5) is 32.2. The number of rotatable bonds is 4. The molecule has 4 N–H and O–H groups in total. The molecule has 0 aromatic heterocycles. The second kappa shape index (κ2) is 8.04. The van der Waals surface area contributed by atoms with Crippen molar-refractivity contribution in [3.63, 3.8) is 0 Å². The summed E-state index contributed by atoms with van der Waals surface area (Å²) in [7, 11) is 1.54. The largest absolute Gasteiger partial charge is 0.458 e. The minimum Gasteiger partial charge on any atom is -0.458 e. The maximum atomic E-state index is 13.3. The van der Waals surface area contributed by atoms with Gasteiger partial charge in [-0.2, -0.15) is 0 Å². The van der Waals surface area contributed by atoms with Gasteiger partial charge in [0.1, 0.15) is 6.61 Å². The van der Waals surface area contributed by atoms with Crippen LogP contribution in [0.3, 0.4) is 0 Å². The Balaban J connectivity index is 1.82. The van der Waals surface area contributed by atoms with Crippen LogP contribution in [0.1, 0.15) is 16.7 Å². The fourth-order valence-corrected chi connectivity index (χ4v) is 3.51. The number of ether oxygens (including phenoxy) is 1. The zero-order valence-electron chi connectivity index (χ0n) is 17.0. The Morgan fingerprint density at radius 3 is 2.32 bits per heavy atom. The van der Waals surface area contributed by atoms with Gasteiger partial charge >= 0.3 is 5.97 Å². The van der Waals surface area contributed by atoms with E-state index in [1.165, 1.54) is 11.9 Å². The van der Waals surface area contributed by atoms with Crippen molar-refractivity contribution in [2.24, 2.45) is 10.7 Å². The average Bonchev–Trinajstić information content (AvgIpc) is 2.89. The minimum atomic E-state index is -2.26. The zero-order chi connectivity index (χ0) is 22.0. The number of anilines is 2. The first-order valence-corrected chi connectivity index (χ1v) is 9.74. The Bertz CT molecular complexity index is 1160. The predicted octanol–water partition coefficient (Wildman–Crippen LogP) is 2.48. The molecule has 7 nitrogen and oxygen atoms in total. The van der Waals surface area contributed by atoms with E-state index in [0.717, 1.165) is 5.56 Å². The highest BCUT2D eigenvalue weighted by molar-refractivity contribution is 6.26. The number of carbonyl (C=O) groups is 2. The maximum absolute atomic E-state index is 13.3. The summed E-state index contributed by atoms with van der Waals surface area (Å²) in [5, 5.41) is 0. The number of aliphatic imine (C=N–C) groups is 1. The number of benzodiazepines with no additional fused rings is 1. The number of amides is 1. The highest BCUT2D eigenvalue weighted by atomic mass is 16.5. The maximum Gasteiger partial charge on any atom is 0.359 e. The first-order chi connectivity index (χ1) is 14.9. The van der Waals surface area contributed by atoms with Crippen molar-refractivity contribution >= 4 is 29.0 Å². The van der Waals surface area contributed by atoms with Gasteiger partial charge in [-0.15, -0.1) is 0 Å². The molecule has 3 aromatic rings. The molecular weight excluding hydrogens is 392 g/mol. The number of hydrogen-bond acceptors (Lipinski definition) is 6. The van der Waals surface area contributed by atoms with E-state index in [0.29, 0.717) is 28.2 Å². The molecule has 0 spiro atoms. The van der Waals surface area contributed by atoms with Crippen molar-refractivity contribution in [1.29, 1.82) is 0 Å². The number of nitrogen functional groups attached to an aromatic ring is 1. The van der Waals surface area contributed by atoms with Crippen molar-refractivity contribution in [2.45, 2.75) is 12.3 Å². The van der Waals surface area contributed by atoms with Gasteiger partial charge in [0.15, 0.2) is 0 Å². The molecule has 0 fully saturated rings. The lowest BCUT2D eigenvalue weighted by Crippen LogP contribution is -2.59. The predicted molar refractivity (Wildman–Crippen MR) is 120 cm³/mol. The molecule has 1 atom stereocenters. The first kappa shape index (κ1) is 20.3. The highest BCUT2D eigenvalue weighted by Crippen LogP contribution is 2.33. The molecule has 1 amide bonds. The van der Waals surface area contributed by atoms with E-state index in [1.54, 1.807) is 18.2 Å². The summed E-state index contributed by atoms with van der Waals surface area (Å²) >= 11 is 0. The summed E-state index contributed by atoms with van der Waals surface area (Å²) in [6.07, 6.45) is 0. The average molecular weight is 414 g/mol. The normalized spacial score (nSPS) is 18.1. The fourth-order valence-electron chi connectivity index (χ4n) is 3.51. The fraction of sp³-hybridized carbons (Fsp3) is 0.125. The molecule has 0 radical (unpaired) electrons. The third-order valence-corrected chi connectivity index (χ3v) is 5.16. The second-order valence-electron chi connectivity index (χ2n) is 7.26. The van der Waals surface area contributed by atoms with E-state index in [9.17, 15) is 9.59 Å². The molecular formula is C24H22N4O3. The van der Waals surface area contributed by atoms with Gasteiger partial charge < -0.3 is 15.4 Å². The first-order valence-electron chi connectivity index (χ1n) is 9.74. The molecule has 0 bridgehead atoms. The van der Waals surface area contributed by atoms with Gasteiger partial charge in [-0.3, -0.25) is 10.5 Å². The van der Waals surface area contributed by atoms with E-state index in [2.05, 4.69) is 4.99 Å². The summed E-state index contributed by atoms with van der Waals surface area (Å²) < 4.78 is 5.41. The number of carbonyl (C=O) groups excluding carboxylic acids is 2. The molecule has 7 heteroatoms. The zero-order valence-corrected chi connectivity index (χ0v) is 17.0. The van der Waals surface area contributed by atoms with Crippen LogP contribution in [0.25, 0.3) is 0 Å². The number of nitrogens with two attached hydrogens (primary N) is 2. The smallest absolute Gasteiger partial charge is 0.359 e. The molecule has 31 heavy (non-hydrogen) atoms. The van der Waals surface area contributed by atoms with E-state index in [4.69, 9.17) is 16.2 Å². The van der Waals surface area contributed by atoms with Crippen molar-refractivity contribution in [3.05, 3.63) is 95.6 Å². The topological polar surface area (TPSA) is 111 Å². The van der Waals surface area contributed by atoms with Crippen LogP contribution in [0, 0.1) is 0 Å². The Kier molecular flexibility index (Phi) is 5.27. The number of nitrogens with zero attached hydrogens (tertiary/aromatic N) is 2. The monoisotopic (exact) mass is 414 g/mol. The third-order valence-electron chi connectivity index (χ3n) is 5.16. The molecule has 1 aliphatic rings. The standard InChI is InChI=1S/C24H22N4O3/c1-28-19-14-8-13-18(25)20(19)21(17-11-6-3-7-12-17)27-24(26,22(28)29)23(30)31-15-16-9-4-2-5-10-16/h2-14H,15,25-26H2,1H3. The van der Waals surface area contributed by atoms with Gasteiger partial charge in [-0.1, -0.05) is 66.7 Å². The van der Waals surface area contributed by atoms with Gasteiger partial charge in [-0.05, 0) is 17.7 Å². The lowest BCUT2D eigenvalue weighted by Gasteiger charge is -2.26. The van der Waals surface area contributed by atoms with Crippen LogP contribution in [0.2, 0.25) is 0 Å². The lowest BCUT2D eigenvalue weighted by atomic mass is 9.98. The SMILES string of the molecule is CN1C(=O)C(N)(C(=O)OCc2ccccc2)N=C(c2ccccc2)c2c(N)cccc21. The third kappa shape index (κ3) is 3.67. The quantitative estimate of drug-likeness (QED) is 0.387. The molecule has 0 saturated heterocycles. The highest BCUT2D eigenvalue weighted by Gasteiger charge is 2.49. The summed E-state index contributed by atoms with van der Waals surface area (Å²) in [6, 6.07) is 23.5. The van der Waals surface area contributed by atoms with Crippen molar-refractivity contribution in [2.75, 3.05) is 17.7 Å². The van der Waals surface area contributed by atoms with Gasteiger partial charge in [0.25, 0.3) is 11.6 Å². The van der Waals surface area contributed by atoms with Crippen LogP contribution in [0.15, 0.2) is 83.9 Å².